The van der Waals surface area contributed by atoms with Crippen molar-refractivity contribution in [2.24, 2.45) is 5.73 Å². The number of nitrogens with two attached hydrogens (primary N) is 1. The third kappa shape index (κ3) is 3.69. The normalized spacial score (nSPS) is 34.2. The van der Waals surface area contributed by atoms with Crippen LogP contribution in [0.1, 0.15) is 65.2 Å². The highest BCUT2D eigenvalue weighted by molar-refractivity contribution is 4.99. The van der Waals surface area contributed by atoms with Crippen LogP contribution in [0.15, 0.2) is 0 Å². The summed E-state index contributed by atoms with van der Waals surface area (Å²) >= 11 is 0. The van der Waals surface area contributed by atoms with E-state index in [0.29, 0.717) is 6.04 Å². The van der Waals surface area contributed by atoms with Crippen LogP contribution in [0.5, 0.6) is 0 Å². The highest BCUT2D eigenvalue weighted by Crippen LogP contribution is 2.33. The van der Waals surface area contributed by atoms with Crippen LogP contribution < -0.4 is 11.1 Å². The number of rotatable bonds is 3. The Hall–Kier alpha value is -0.120. The smallest absolute Gasteiger partial charge is 0.0644 e. The quantitative estimate of drug-likeness (QED) is 0.761. The SMILES string of the molecule is CC1(C)CC(CN)(NC2CCCCCC2)CCO1. The van der Waals surface area contributed by atoms with Crippen LogP contribution >= 0.6 is 0 Å². The highest BCUT2D eigenvalue weighted by Gasteiger charge is 2.40. The van der Waals surface area contributed by atoms with E-state index >= 15 is 0 Å². The van der Waals surface area contributed by atoms with E-state index in [-0.39, 0.29) is 11.1 Å². The van der Waals surface area contributed by atoms with Crippen molar-refractivity contribution in [3.8, 4) is 0 Å². The Bertz CT molecular complexity index is 259. The molecule has 1 heterocycles. The fourth-order valence-electron chi connectivity index (χ4n) is 3.69. The predicted molar refractivity (Wildman–Crippen MR) is 75.7 cm³/mol. The van der Waals surface area contributed by atoms with Gasteiger partial charge in [0.1, 0.15) is 0 Å². The zero-order valence-electron chi connectivity index (χ0n) is 12.1. The Morgan fingerprint density at radius 3 is 2.39 bits per heavy atom. The van der Waals surface area contributed by atoms with Crippen molar-refractivity contribution in [2.45, 2.75) is 82.4 Å². The van der Waals surface area contributed by atoms with Crippen LogP contribution in [0.3, 0.4) is 0 Å². The van der Waals surface area contributed by atoms with E-state index in [1.54, 1.807) is 0 Å². The summed E-state index contributed by atoms with van der Waals surface area (Å²) in [5.74, 6) is 0. The second-order valence-electron chi connectivity index (χ2n) is 6.85. The summed E-state index contributed by atoms with van der Waals surface area (Å²) in [6, 6.07) is 0.671. The lowest BCUT2D eigenvalue weighted by Gasteiger charge is -2.46. The molecule has 0 spiro atoms. The topological polar surface area (TPSA) is 47.3 Å². The summed E-state index contributed by atoms with van der Waals surface area (Å²) in [6.45, 7) is 5.94. The molecule has 1 aliphatic heterocycles. The molecular formula is C15H30N2O. The number of ether oxygens (including phenoxy) is 1. The molecule has 2 fully saturated rings. The van der Waals surface area contributed by atoms with Gasteiger partial charge in [-0.1, -0.05) is 25.7 Å². The van der Waals surface area contributed by atoms with Crippen LogP contribution in [-0.2, 0) is 4.74 Å². The van der Waals surface area contributed by atoms with Gasteiger partial charge in [0, 0.05) is 24.7 Å². The third-order valence-corrected chi connectivity index (χ3v) is 4.59. The van der Waals surface area contributed by atoms with Crippen LogP contribution in [0.2, 0.25) is 0 Å². The molecule has 3 nitrogen and oxygen atoms in total. The number of hydrogen-bond acceptors (Lipinski definition) is 3. The van der Waals surface area contributed by atoms with Gasteiger partial charge in [-0.3, -0.25) is 0 Å². The molecule has 3 heteroatoms. The standard InChI is InChI=1S/C15H30N2O/c1-14(2)11-15(12-16,9-10-18-14)17-13-7-5-3-4-6-8-13/h13,17H,3-12,16H2,1-2H3. The predicted octanol–water partition coefficient (Wildman–Crippen LogP) is 2.59. The van der Waals surface area contributed by atoms with Crippen molar-refractivity contribution in [3.05, 3.63) is 0 Å². The molecule has 1 saturated heterocycles. The maximum Gasteiger partial charge on any atom is 0.0644 e. The summed E-state index contributed by atoms with van der Waals surface area (Å²) in [5.41, 5.74) is 6.17. The molecule has 1 saturated carbocycles. The first kappa shape index (κ1) is 14.3. The van der Waals surface area contributed by atoms with Gasteiger partial charge >= 0.3 is 0 Å². The second-order valence-corrected chi connectivity index (χ2v) is 6.85. The Kier molecular flexibility index (Phi) is 4.68. The van der Waals surface area contributed by atoms with Gasteiger partial charge in [0.2, 0.25) is 0 Å². The van der Waals surface area contributed by atoms with E-state index in [1.165, 1.54) is 38.5 Å². The van der Waals surface area contributed by atoms with E-state index in [4.69, 9.17) is 10.5 Å². The Morgan fingerprint density at radius 1 is 1.17 bits per heavy atom. The lowest BCUT2D eigenvalue weighted by atomic mass is 9.80. The van der Waals surface area contributed by atoms with Gasteiger partial charge in [-0.25, -0.2) is 0 Å². The molecule has 2 rings (SSSR count). The van der Waals surface area contributed by atoms with E-state index in [0.717, 1.165) is 26.0 Å². The molecule has 0 aromatic rings. The fraction of sp³-hybridized carbons (Fsp3) is 1.00. The highest BCUT2D eigenvalue weighted by atomic mass is 16.5. The van der Waals surface area contributed by atoms with Crippen LogP contribution in [0.4, 0.5) is 0 Å². The molecule has 0 aromatic carbocycles. The van der Waals surface area contributed by atoms with Gasteiger partial charge in [-0.15, -0.1) is 0 Å². The second kappa shape index (κ2) is 5.89. The van der Waals surface area contributed by atoms with E-state index in [9.17, 15) is 0 Å². The average Bonchev–Trinajstić information content (AvgIpc) is 2.56. The van der Waals surface area contributed by atoms with Crippen molar-refractivity contribution in [3.63, 3.8) is 0 Å². The van der Waals surface area contributed by atoms with Gasteiger partial charge in [0.25, 0.3) is 0 Å². The fourth-order valence-corrected chi connectivity index (χ4v) is 3.69. The number of hydrogen-bond donors (Lipinski definition) is 2. The first-order valence-electron chi connectivity index (χ1n) is 7.67. The summed E-state index contributed by atoms with van der Waals surface area (Å²) < 4.78 is 5.84. The molecule has 0 bridgehead atoms. The summed E-state index contributed by atoms with van der Waals surface area (Å²) in [4.78, 5) is 0. The lowest BCUT2D eigenvalue weighted by Crippen LogP contribution is -2.61. The van der Waals surface area contributed by atoms with E-state index < -0.39 is 0 Å². The Morgan fingerprint density at radius 2 is 1.83 bits per heavy atom. The monoisotopic (exact) mass is 254 g/mol. The van der Waals surface area contributed by atoms with Gasteiger partial charge < -0.3 is 15.8 Å². The largest absolute Gasteiger partial charge is 0.375 e. The Balaban J connectivity index is 1.98. The van der Waals surface area contributed by atoms with Gasteiger partial charge in [0.05, 0.1) is 5.60 Å². The molecule has 0 amide bonds. The maximum atomic E-state index is 6.10. The maximum absolute atomic E-state index is 6.10. The van der Waals surface area contributed by atoms with Crippen molar-refractivity contribution in [1.29, 1.82) is 0 Å². The molecule has 0 aromatic heterocycles. The minimum absolute atomic E-state index is 0.0324. The van der Waals surface area contributed by atoms with Gasteiger partial charge in [0.15, 0.2) is 0 Å². The van der Waals surface area contributed by atoms with Crippen molar-refractivity contribution in [1.82, 2.24) is 5.32 Å². The van der Waals surface area contributed by atoms with Crippen molar-refractivity contribution in [2.75, 3.05) is 13.2 Å². The van der Waals surface area contributed by atoms with Crippen LogP contribution in [0.25, 0.3) is 0 Å². The molecule has 106 valence electrons. The zero-order chi connectivity index (χ0) is 13.1. The summed E-state index contributed by atoms with van der Waals surface area (Å²) in [5, 5.41) is 3.91. The first-order chi connectivity index (χ1) is 8.55. The van der Waals surface area contributed by atoms with Crippen LogP contribution in [0, 0.1) is 0 Å². The number of nitrogens with one attached hydrogen (secondary N) is 1. The minimum atomic E-state index is -0.0324. The molecule has 1 unspecified atom stereocenters. The van der Waals surface area contributed by atoms with Crippen molar-refractivity contribution >= 4 is 0 Å². The minimum Gasteiger partial charge on any atom is -0.375 e. The van der Waals surface area contributed by atoms with Crippen molar-refractivity contribution < 1.29 is 4.74 Å². The molecule has 3 N–H and O–H groups in total. The first-order valence-corrected chi connectivity index (χ1v) is 7.67. The molecule has 2 aliphatic rings. The molecule has 18 heavy (non-hydrogen) atoms. The third-order valence-electron chi connectivity index (χ3n) is 4.59. The van der Waals surface area contributed by atoms with E-state index in [1.807, 2.05) is 0 Å². The van der Waals surface area contributed by atoms with E-state index in [2.05, 4.69) is 19.2 Å². The molecular weight excluding hydrogens is 224 g/mol. The summed E-state index contributed by atoms with van der Waals surface area (Å²) in [7, 11) is 0. The lowest BCUT2D eigenvalue weighted by molar-refractivity contribution is -0.0880. The molecule has 0 radical (unpaired) electrons. The van der Waals surface area contributed by atoms with Gasteiger partial charge in [-0.2, -0.15) is 0 Å². The van der Waals surface area contributed by atoms with Crippen LogP contribution in [-0.4, -0.2) is 30.3 Å². The Labute approximate surface area is 112 Å². The molecule has 1 aliphatic carbocycles. The summed E-state index contributed by atoms with van der Waals surface area (Å²) in [6.07, 6.45) is 10.3. The zero-order valence-corrected chi connectivity index (χ0v) is 12.1. The van der Waals surface area contributed by atoms with Gasteiger partial charge in [-0.05, 0) is 39.5 Å². The molecule has 1 atom stereocenters. The average molecular weight is 254 g/mol.